The number of amides is 1. The van der Waals surface area contributed by atoms with Crippen molar-refractivity contribution < 1.29 is 19.4 Å². The highest BCUT2D eigenvalue weighted by Gasteiger charge is 2.46. The summed E-state index contributed by atoms with van der Waals surface area (Å²) >= 11 is 0. The Bertz CT molecular complexity index is 393. The molecule has 2 fully saturated rings. The maximum Gasteiger partial charge on any atom is 0.411 e. The first-order chi connectivity index (χ1) is 9.22. The minimum absolute atomic E-state index is 0.140. The van der Waals surface area contributed by atoms with Crippen LogP contribution in [0.3, 0.4) is 0 Å². The molecule has 114 valence electrons. The number of rotatable bonds is 1. The zero-order chi connectivity index (χ0) is 15.0. The fourth-order valence-electron chi connectivity index (χ4n) is 3.47. The first-order valence-corrected chi connectivity index (χ1v) is 7.45. The van der Waals surface area contributed by atoms with E-state index in [0.717, 1.165) is 19.3 Å². The number of carboxylic acids is 1. The number of carbonyl (C=O) groups is 2. The van der Waals surface area contributed by atoms with Crippen LogP contribution in [0.4, 0.5) is 4.79 Å². The van der Waals surface area contributed by atoms with Gasteiger partial charge in [-0.2, -0.15) is 0 Å². The van der Waals surface area contributed by atoms with E-state index in [1.54, 1.807) is 20.8 Å². The molecular formula is C15H25NO4. The highest BCUT2D eigenvalue weighted by atomic mass is 16.6. The minimum Gasteiger partial charge on any atom is -0.480 e. The molecule has 1 saturated carbocycles. The van der Waals surface area contributed by atoms with E-state index in [4.69, 9.17) is 4.74 Å². The molecule has 1 amide bonds. The zero-order valence-electron chi connectivity index (χ0n) is 12.6. The molecule has 1 aliphatic heterocycles. The molecule has 2 aliphatic rings. The van der Waals surface area contributed by atoms with E-state index in [2.05, 4.69) is 0 Å². The summed E-state index contributed by atoms with van der Waals surface area (Å²) < 4.78 is 5.33. The lowest BCUT2D eigenvalue weighted by Gasteiger charge is -2.43. The topological polar surface area (TPSA) is 66.8 Å². The van der Waals surface area contributed by atoms with Gasteiger partial charge in [-0.1, -0.05) is 12.8 Å². The Morgan fingerprint density at radius 2 is 1.80 bits per heavy atom. The first kappa shape index (κ1) is 15.1. The molecule has 20 heavy (non-hydrogen) atoms. The van der Waals surface area contributed by atoms with E-state index in [1.165, 1.54) is 17.7 Å². The molecule has 1 aliphatic carbocycles. The number of hydrogen-bond acceptors (Lipinski definition) is 3. The molecular weight excluding hydrogens is 258 g/mol. The SMILES string of the molecule is CC(C)(C)OC(=O)N1CCC2(CCCC2)CC1C(=O)O. The second kappa shape index (κ2) is 5.26. The fraction of sp³-hybridized carbons (Fsp3) is 0.867. The predicted octanol–water partition coefficient (Wildman–Crippen LogP) is 3.03. The smallest absolute Gasteiger partial charge is 0.411 e. The summed E-state index contributed by atoms with van der Waals surface area (Å²) in [4.78, 5) is 25.1. The van der Waals surface area contributed by atoms with Crippen molar-refractivity contribution in [3.63, 3.8) is 0 Å². The standard InChI is InChI=1S/C15H25NO4/c1-14(2,3)20-13(19)16-9-8-15(6-4-5-7-15)10-11(16)12(17)18/h11H,4-10H2,1-3H3,(H,17,18). The average molecular weight is 283 g/mol. The second-order valence-electron chi connectivity index (χ2n) is 7.19. The van der Waals surface area contributed by atoms with Gasteiger partial charge in [-0.3, -0.25) is 4.90 Å². The molecule has 0 aromatic heterocycles. The predicted molar refractivity (Wildman–Crippen MR) is 74.5 cm³/mol. The summed E-state index contributed by atoms with van der Waals surface area (Å²) in [6.07, 6.45) is 5.52. The largest absolute Gasteiger partial charge is 0.480 e. The summed E-state index contributed by atoms with van der Waals surface area (Å²) in [6, 6.07) is -0.739. The summed E-state index contributed by atoms with van der Waals surface area (Å²) in [7, 11) is 0. The van der Waals surface area contributed by atoms with Crippen LogP contribution in [0.2, 0.25) is 0 Å². The summed E-state index contributed by atoms with van der Waals surface area (Å²) in [5.74, 6) is -0.915. The van der Waals surface area contributed by atoms with E-state index in [0.29, 0.717) is 13.0 Å². The summed E-state index contributed by atoms with van der Waals surface area (Å²) in [6.45, 7) is 5.88. The van der Waals surface area contributed by atoms with Crippen molar-refractivity contribution in [3.05, 3.63) is 0 Å². The molecule has 1 atom stereocenters. The van der Waals surface area contributed by atoms with Crippen LogP contribution in [0.5, 0.6) is 0 Å². The normalized spacial score (nSPS) is 25.8. The molecule has 1 spiro atoms. The zero-order valence-corrected chi connectivity index (χ0v) is 12.6. The van der Waals surface area contributed by atoms with Crippen LogP contribution in [0.25, 0.3) is 0 Å². The Hall–Kier alpha value is -1.26. The van der Waals surface area contributed by atoms with Crippen molar-refractivity contribution in [2.75, 3.05) is 6.54 Å². The maximum absolute atomic E-state index is 12.2. The lowest BCUT2D eigenvalue weighted by atomic mass is 9.74. The van der Waals surface area contributed by atoms with Gasteiger partial charge in [-0.05, 0) is 51.9 Å². The molecule has 1 heterocycles. The first-order valence-electron chi connectivity index (χ1n) is 7.45. The molecule has 5 heteroatoms. The van der Waals surface area contributed by atoms with Gasteiger partial charge in [0.15, 0.2) is 0 Å². The molecule has 0 aromatic carbocycles. The molecule has 2 rings (SSSR count). The van der Waals surface area contributed by atoms with Crippen LogP contribution in [-0.2, 0) is 9.53 Å². The van der Waals surface area contributed by atoms with E-state index in [1.807, 2.05) is 0 Å². The van der Waals surface area contributed by atoms with Gasteiger partial charge in [-0.25, -0.2) is 9.59 Å². The van der Waals surface area contributed by atoms with Gasteiger partial charge >= 0.3 is 12.1 Å². The van der Waals surface area contributed by atoms with Gasteiger partial charge in [-0.15, -0.1) is 0 Å². The highest BCUT2D eigenvalue weighted by molar-refractivity contribution is 5.80. The summed E-state index contributed by atoms with van der Waals surface area (Å²) in [5, 5.41) is 9.45. The van der Waals surface area contributed by atoms with Crippen molar-refractivity contribution in [1.82, 2.24) is 4.90 Å². The van der Waals surface area contributed by atoms with Crippen molar-refractivity contribution in [1.29, 1.82) is 0 Å². The number of likely N-dealkylation sites (tertiary alicyclic amines) is 1. The van der Waals surface area contributed by atoms with Crippen molar-refractivity contribution in [2.24, 2.45) is 5.41 Å². The molecule has 1 unspecified atom stereocenters. The van der Waals surface area contributed by atoms with E-state index < -0.39 is 23.7 Å². The van der Waals surface area contributed by atoms with Gasteiger partial charge in [0.1, 0.15) is 11.6 Å². The Morgan fingerprint density at radius 1 is 1.20 bits per heavy atom. The van der Waals surface area contributed by atoms with Crippen molar-refractivity contribution >= 4 is 12.1 Å². The third kappa shape index (κ3) is 3.25. The lowest BCUT2D eigenvalue weighted by molar-refractivity contribution is -0.146. The maximum atomic E-state index is 12.2. The number of aliphatic carboxylic acids is 1. The molecule has 0 bridgehead atoms. The summed E-state index contributed by atoms with van der Waals surface area (Å²) in [5.41, 5.74) is -0.454. The van der Waals surface area contributed by atoms with Crippen LogP contribution in [0, 0.1) is 5.41 Å². The van der Waals surface area contributed by atoms with Gasteiger partial charge in [0.05, 0.1) is 0 Å². The van der Waals surface area contributed by atoms with Gasteiger partial charge in [0, 0.05) is 6.54 Å². The lowest BCUT2D eigenvalue weighted by Crippen LogP contribution is -2.53. The number of hydrogen-bond donors (Lipinski definition) is 1. The Balaban J connectivity index is 2.10. The number of nitrogens with zero attached hydrogens (tertiary/aromatic N) is 1. The third-order valence-corrected chi connectivity index (χ3v) is 4.46. The monoisotopic (exact) mass is 283 g/mol. The number of ether oxygens (including phenoxy) is 1. The Morgan fingerprint density at radius 3 is 2.30 bits per heavy atom. The van der Waals surface area contributed by atoms with E-state index >= 15 is 0 Å². The third-order valence-electron chi connectivity index (χ3n) is 4.46. The highest BCUT2D eigenvalue weighted by Crippen LogP contribution is 2.48. The molecule has 1 N–H and O–H groups in total. The van der Waals surface area contributed by atoms with Crippen LogP contribution in [0.15, 0.2) is 0 Å². The molecule has 1 saturated heterocycles. The quantitative estimate of drug-likeness (QED) is 0.803. The number of carbonyl (C=O) groups excluding carboxylic acids is 1. The number of piperidine rings is 1. The fourth-order valence-corrected chi connectivity index (χ4v) is 3.47. The van der Waals surface area contributed by atoms with Gasteiger partial charge in [0.2, 0.25) is 0 Å². The Labute approximate surface area is 120 Å². The van der Waals surface area contributed by atoms with Gasteiger partial charge < -0.3 is 9.84 Å². The van der Waals surface area contributed by atoms with Crippen molar-refractivity contribution in [3.8, 4) is 0 Å². The average Bonchev–Trinajstić information content (AvgIpc) is 2.75. The second-order valence-corrected chi connectivity index (χ2v) is 7.19. The van der Waals surface area contributed by atoms with Crippen LogP contribution in [-0.4, -0.2) is 40.3 Å². The van der Waals surface area contributed by atoms with Crippen molar-refractivity contribution in [2.45, 2.75) is 70.9 Å². The van der Waals surface area contributed by atoms with E-state index in [-0.39, 0.29) is 5.41 Å². The van der Waals surface area contributed by atoms with Crippen LogP contribution < -0.4 is 0 Å². The van der Waals surface area contributed by atoms with Gasteiger partial charge in [0.25, 0.3) is 0 Å². The van der Waals surface area contributed by atoms with E-state index in [9.17, 15) is 14.7 Å². The van der Waals surface area contributed by atoms with Crippen LogP contribution in [0.1, 0.15) is 59.3 Å². The van der Waals surface area contributed by atoms with Crippen LogP contribution >= 0.6 is 0 Å². The molecule has 5 nitrogen and oxygen atoms in total. The minimum atomic E-state index is -0.915. The Kier molecular flexibility index (Phi) is 3.98. The molecule has 0 aromatic rings. The molecule has 0 radical (unpaired) electrons. The number of carboxylic acid groups (broad SMARTS) is 1.